The van der Waals surface area contributed by atoms with E-state index in [1.807, 2.05) is 0 Å². The van der Waals surface area contributed by atoms with Crippen molar-refractivity contribution in [2.45, 2.75) is 52.7 Å². The molecule has 8 nitrogen and oxygen atoms in total. The number of guanidine groups is 1. The van der Waals surface area contributed by atoms with E-state index < -0.39 is 23.4 Å². The van der Waals surface area contributed by atoms with Gasteiger partial charge in [-0.1, -0.05) is 0 Å². The molecule has 2 amide bonds. The van der Waals surface area contributed by atoms with Crippen LogP contribution in [0.25, 0.3) is 0 Å². The number of alkyl carbamates (subject to hydrolysis) is 1. The zero-order valence-electron chi connectivity index (χ0n) is 13.4. The lowest BCUT2D eigenvalue weighted by Crippen LogP contribution is -2.43. The standard InChI is InChI=1S/C13H24N3O5/c1-12(2,3)20-10(18)15-9(14-7-8-17)16-11(19)21-13(4,5)6/h17H,7-8H2,1-6H3,(H,14,15,18). The number of hydrogen-bond donors (Lipinski definition) is 2. The van der Waals surface area contributed by atoms with Gasteiger partial charge in [0.2, 0.25) is 5.96 Å². The highest BCUT2D eigenvalue weighted by Crippen LogP contribution is 2.07. The van der Waals surface area contributed by atoms with E-state index in [0.717, 1.165) is 0 Å². The number of ether oxygens (including phenoxy) is 2. The monoisotopic (exact) mass is 302 g/mol. The molecular formula is C13H24N3O5. The number of carbonyl (C=O) groups excluding carboxylic acids is 2. The maximum absolute atomic E-state index is 11.6. The molecule has 8 heteroatoms. The molecule has 0 rings (SSSR count). The SMILES string of the molecule is CC(C)(C)OC(=O)[N]C(=NCCO)NC(=O)OC(C)(C)C. The molecule has 21 heavy (non-hydrogen) atoms. The van der Waals surface area contributed by atoms with E-state index in [1.54, 1.807) is 41.5 Å². The predicted octanol–water partition coefficient (Wildman–Crippen LogP) is 1.40. The van der Waals surface area contributed by atoms with Crippen LogP contribution in [0.15, 0.2) is 4.99 Å². The zero-order valence-corrected chi connectivity index (χ0v) is 13.4. The van der Waals surface area contributed by atoms with Gasteiger partial charge >= 0.3 is 12.2 Å². The molecule has 2 N–H and O–H groups in total. The summed E-state index contributed by atoms with van der Waals surface area (Å²) in [5, 5.41) is 14.5. The first-order chi connectivity index (χ1) is 9.43. The molecule has 0 bridgehead atoms. The number of aliphatic hydroxyl groups is 1. The van der Waals surface area contributed by atoms with Crippen molar-refractivity contribution < 1.29 is 24.2 Å². The van der Waals surface area contributed by atoms with Crippen molar-refractivity contribution in [3.8, 4) is 0 Å². The van der Waals surface area contributed by atoms with Gasteiger partial charge < -0.3 is 14.6 Å². The third-order valence-electron chi connectivity index (χ3n) is 1.57. The number of aliphatic imine (C=N–C) groups is 1. The Hall–Kier alpha value is -1.83. The third-order valence-corrected chi connectivity index (χ3v) is 1.57. The molecule has 0 saturated heterocycles. The van der Waals surface area contributed by atoms with Crippen LogP contribution in [0, 0.1) is 0 Å². The molecule has 0 aliphatic carbocycles. The molecule has 1 radical (unpaired) electrons. The molecule has 0 atom stereocenters. The molecular weight excluding hydrogens is 278 g/mol. The third kappa shape index (κ3) is 11.7. The smallest absolute Gasteiger partial charge is 0.437 e. The van der Waals surface area contributed by atoms with Crippen molar-refractivity contribution >= 4 is 18.1 Å². The Morgan fingerprint density at radius 2 is 1.57 bits per heavy atom. The average Bonchev–Trinajstić information content (AvgIpc) is 2.20. The normalized spacial score (nSPS) is 12.6. The Balaban J connectivity index is 4.68. The Morgan fingerprint density at radius 3 is 2.00 bits per heavy atom. The molecule has 0 heterocycles. The van der Waals surface area contributed by atoms with Crippen LogP contribution in [0.2, 0.25) is 0 Å². The summed E-state index contributed by atoms with van der Waals surface area (Å²) in [6.45, 7) is 9.89. The maximum Gasteiger partial charge on any atom is 0.437 e. The van der Waals surface area contributed by atoms with E-state index in [0.29, 0.717) is 0 Å². The van der Waals surface area contributed by atoms with E-state index in [-0.39, 0.29) is 19.1 Å². The second kappa shape index (κ2) is 7.82. The summed E-state index contributed by atoms with van der Waals surface area (Å²) in [5.41, 5.74) is -1.41. The van der Waals surface area contributed by atoms with Crippen molar-refractivity contribution in [3.05, 3.63) is 0 Å². The second-order valence-electron chi connectivity index (χ2n) is 6.15. The van der Waals surface area contributed by atoms with Gasteiger partial charge in [-0.2, -0.15) is 0 Å². The quantitative estimate of drug-likeness (QED) is 0.591. The van der Waals surface area contributed by atoms with Crippen molar-refractivity contribution in [2.75, 3.05) is 13.2 Å². The Morgan fingerprint density at radius 1 is 1.05 bits per heavy atom. The summed E-state index contributed by atoms with van der Waals surface area (Å²) in [6.07, 6.45) is -1.69. The van der Waals surface area contributed by atoms with Crippen LogP contribution in [0.3, 0.4) is 0 Å². The minimum absolute atomic E-state index is 0.0164. The molecule has 0 aromatic carbocycles. The number of carbonyl (C=O) groups is 2. The first-order valence-electron chi connectivity index (χ1n) is 6.53. The van der Waals surface area contributed by atoms with Crippen LogP contribution >= 0.6 is 0 Å². The Labute approximate surface area is 124 Å². The average molecular weight is 302 g/mol. The van der Waals surface area contributed by atoms with Crippen molar-refractivity contribution in [1.29, 1.82) is 0 Å². The van der Waals surface area contributed by atoms with E-state index in [2.05, 4.69) is 15.6 Å². The van der Waals surface area contributed by atoms with Gasteiger partial charge in [0.15, 0.2) is 0 Å². The number of aliphatic hydroxyl groups excluding tert-OH is 1. The van der Waals surface area contributed by atoms with Gasteiger partial charge in [0.25, 0.3) is 0 Å². The van der Waals surface area contributed by atoms with Gasteiger partial charge in [-0.05, 0) is 41.5 Å². The second-order valence-corrected chi connectivity index (χ2v) is 6.15. The van der Waals surface area contributed by atoms with Gasteiger partial charge in [0.05, 0.1) is 13.2 Å². The summed E-state index contributed by atoms with van der Waals surface area (Å²) < 4.78 is 10.0. The first kappa shape index (κ1) is 19.2. The predicted molar refractivity (Wildman–Crippen MR) is 77.1 cm³/mol. The molecule has 0 spiro atoms. The fourth-order valence-electron chi connectivity index (χ4n) is 1.02. The largest absolute Gasteiger partial charge is 0.444 e. The van der Waals surface area contributed by atoms with Crippen LogP contribution in [0.4, 0.5) is 9.59 Å². The molecule has 0 aliphatic rings. The molecule has 0 unspecified atom stereocenters. The number of nitrogens with one attached hydrogen (secondary N) is 1. The van der Waals surface area contributed by atoms with Crippen LogP contribution in [-0.4, -0.2) is 47.6 Å². The summed E-state index contributed by atoms with van der Waals surface area (Å²) >= 11 is 0. The van der Waals surface area contributed by atoms with Gasteiger partial charge in [-0.3, -0.25) is 5.32 Å². The van der Waals surface area contributed by atoms with Crippen molar-refractivity contribution in [3.63, 3.8) is 0 Å². The molecule has 0 aromatic heterocycles. The zero-order chi connectivity index (χ0) is 16.7. The topological polar surface area (TPSA) is 111 Å². The first-order valence-corrected chi connectivity index (χ1v) is 6.53. The van der Waals surface area contributed by atoms with E-state index in [9.17, 15) is 9.59 Å². The molecule has 121 valence electrons. The Bertz CT molecular complexity index is 362. The van der Waals surface area contributed by atoms with Crippen molar-refractivity contribution in [2.24, 2.45) is 4.99 Å². The fraction of sp³-hybridized carbons (Fsp3) is 0.769. The maximum atomic E-state index is 11.6. The van der Waals surface area contributed by atoms with Crippen LogP contribution in [0.5, 0.6) is 0 Å². The summed E-state index contributed by atoms with van der Waals surface area (Å²) in [5.74, 6) is -0.271. The molecule has 0 aromatic rings. The van der Waals surface area contributed by atoms with Crippen LogP contribution in [0.1, 0.15) is 41.5 Å². The van der Waals surface area contributed by atoms with Crippen LogP contribution < -0.4 is 10.6 Å². The lowest BCUT2D eigenvalue weighted by molar-refractivity contribution is 0.0541. The fourth-order valence-corrected chi connectivity index (χ4v) is 1.02. The van der Waals surface area contributed by atoms with E-state index in [1.165, 1.54) is 0 Å². The lowest BCUT2D eigenvalue weighted by Gasteiger charge is -2.21. The molecule has 0 aliphatic heterocycles. The molecule has 0 saturated carbocycles. The Kier molecular flexibility index (Phi) is 7.14. The minimum atomic E-state index is -0.893. The van der Waals surface area contributed by atoms with Gasteiger partial charge in [-0.25, -0.2) is 14.6 Å². The number of amides is 2. The number of rotatable bonds is 2. The highest BCUT2D eigenvalue weighted by atomic mass is 16.6. The summed E-state index contributed by atoms with van der Waals surface area (Å²) in [7, 11) is 0. The van der Waals surface area contributed by atoms with Crippen molar-refractivity contribution in [1.82, 2.24) is 10.6 Å². The van der Waals surface area contributed by atoms with E-state index >= 15 is 0 Å². The summed E-state index contributed by atoms with van der Waals surface area (Å²) in [4.78, 5) is 27.0. The summed E-state index contributed by atoms with van der Waals surface area (Å²) in [6, 6.07) is 0. The van der Waals surface area contributed by atoms with Gasteiger partial charge in [0, 0.05) is 0 Å². The lowest BCUT2D eigenvalue weighted by atomic mass is 10.2. The number of hydrogen-bond acceptors (Lipinski definition) is 6. The van der Waals surface area contributed by atoms with E-state index in [4.69, 9.17) is 14.6 Å². The highest BCUT2D eigenvalue weighted by Gasteiger charge is 2.22. The van der Waals surface area contributed by atoms with Gasteiger partial charge in [0.1, 0.15) is 11.2 Å². The van der Waals surface area contributed by atoms with Crippen LogP contribution in [-0.2, 0) is 9.47 Å². The number of nitrogens with zero attached hydrogens (tertiary/aromatic N) is 2. The molecule has 0 fully saturated rings. The highest BCUT2D eigenvalue weighted by molar-refractivity contribution is 6.01. The van der Waals surface area contributed by atoms with Gasteiger partial charge in [-0.15, -0.1) is 5.32 Å². The minimum Gasteiger partial charge on any atom is -0.444 e.